The van der Waals surface area contributed by atoms with E-state index in [2.05, 4.69) is 10.2 Å². The lowest BCUT2D eigenvalue weighted by Gasteiger charge is -2.27. The average molecular weight is 350 g/mol. The van der Waals surface area contributed by atoms with Crippen molar-refractivity contribution in [2.24, 2.45) is 0 Å². The monoisotopic (exact) mass is 350 g/mol. The van der Waals surface area contributed by atoms with Crippen molar-refractivity contribution >= 4 is 12.1 Å². The van der Waals surface area contributed by atoms with Gasteiger partial charge in [0, 0.05) is 13.1 Å². The summed E-state index contributed by atoms with van der Waals surface area (Å²) in [7, 11) is 1.31. The van der Waals surface area contributed by atoms with Gasteiger partial charge in [-0.1, -0.05) is 30.3 Å². The predicted octanol–water partition coefficient (Wildman–Crippen LogP) is 1.57. The van der Waals surface area contributed by atoms with Crippen LogP contribution in [0.5, 0.6) is 0 Å². The summed E-state index contributed by atoms with van der Waals surface area (Å²) in [5.74, 6) is -0.460. The molecule has 1 aliphatic rings. The van der Waals surface area contributed by atoms with Crippen LogP contribution < -0.4 is 5.32 Å². The van der Waals surface area contributed by atoms with Crippen molar-refractivity contribution in [2.45, 2.75) is 25.5 Å². The second kappa shape index (κ2) is 10.7. The fourth-order valence-corrected chi connectivity index (χ4v) is 2.64. The van der Waals surface area contributed by atoms with Crippen LogP contribution in [0.1, 0.15) is 18.4 Å². The van der Waals surface area contributed by atoms with Crippen LogP contribution >= 0.6 is 0 Å². The average Bonchev–Trinajstić information content (AvgIpc) is 2.66. The highest BCUT2D eigenvalue weighted by atomic mass is 16.6. The van der Waals surface area contributed by atoms with Gasteiger partial charge in [0.25, 0.3) is 0 Å². The summed E-state index contributed by atoms with van der Waals surface area (Å²) in [6.45, 7) is 4.30. The molecule has 1 aromatic carbocycles. The predicted molar refractivity (Wildman–Crippen MR) is 92.1 cm³/mol. The zero-order valence-corrected chi connectivity index (χ0v) is 14.6. The van der Waals surface area contributed by atoms with Crippen molar-refractivity contribution in [1.82, 2.24) is 10.2 Å². The molecule has 0 aliphatic carbocycles. The van der Waals surface area contributed by atoms with Crippen LogP contribution in [-0.4, -0.2) is 63.0 Å². The Morgan fingerprint density at radius 2 is 1.96 bits per heavy atom. The number of alkyl carbamates (subject to hydrolysis) is 1. The Morgan fingerprint density at radius 1 is 1.24 bits per heavy atom. The molecule has 0 bridgehead atoms. The van der Waals surface area contributed by atoms with Gasteiger partial charge < -0.3 is 19.5 Å². The molecule has 2 rings (SSSR count). The second-order valence-corrected chi connectivity index (χ2v) is 5.88. The van der Waals surface area contributed by atoms with E-state index in [-0.39, 0.29) is 6.61 Å². The van der Waals surface area contributed by atoms with Crippen LogP contribution in [0.15, 0.2) is 30.3 Å². The molecule has 1 aliphatic heterocycles. The van der Waals surface area contributed by atoms with Crippen molar-refractivity contribution in [3.8, 4) is 0 Å². The lowest BCUT2D eigenvalue weighted by atomic mass is 10.1. The van der Waals surface area contributed by atoms with Crippen LogP contribution in [0.2, 0.25) is 0 Å². The topological polar surface area (TPSA) is 77.1 Å². The third-order valence-corrected chi connectivity index (χ3v) is 4.06. The van der Waals surface area contributed by atoms with Gasteiger partial charge in [0.05, 0.1) is 20.3 Å². The van der Waals surface area contributed by atoms with Gasteiger partial charge in [-0.05, 0) is 24.9 Å². The maximum absolute atomic E-state index is 11.9. The maximum Gasteiger partial charge on any atom is 0.408 e. The first kappa shape index (κ1) is 19.2. The SMILES string of the molecule is COC(=O)C(CCCN1CCOCC1)NC(=O)OCc1ccccc1. The van der Waals surface area contributed by atoms with Crippen LogP contribution in [0.4, 0.5) is 4.79 Å². The molecule has 0 saturated carbocycles. The summed E-state index contributed by atoms with van der Waals surface area (Å²) >= 11 is 0. The first-order valence-corrected chi connectivity index (χ1v) is 8.54. The number of rotatable bonds is 8. The third kappa shape index (κ3) is 7.11. The summed E-state index contributed by atoms with van der Waals surface area (Å²) in [5, 5.41) is 2.60. The molecule has 1 unspecified atom stereocenters. The summed E-state index contributed by atoms with van der Waals surface area (Å²) in [6, 6.07) is 8.68. The third-order valence-electron chi connectivity index (χ3n) is 4.06. The number of morpholine rings is 1. The number of ether oxygens (including phenoxy) is 3. The van der Waals surface area contributed by atoms with E-state index in [9.17, 15) is 9.59 Å². The molecule has 1 heterocycles. The Hall–Kier alpha value is -2.12. The molecule has 138 valence electrons. The highest BCUT2D eigenvalue weighted by molar-refractivity contribution is 5.81. The molecule has 1 amide bonds. The van der Waals surface area contributed by atoms with Gasteiger partial charge in [0.2, 0.25) is 0 Å². The molecule has 0 radical (unpaired) electrons. The Balaban J connectivity index is 1.74. The normalized spacial score (nSPS) is 16.0. The number of nitrogens with zero attached hydrogens (tertiary/aromatic N) is 1. The van der Waals surface area contributed by atoms with Gasteiger partial charge in [-0.2, -0.15) is 0 Å². The lowest BCUT2D eigenvalue weighted by molar-refractivity contribution is -0.143. The van der Waals surface area contributed by atoms with Crippen LogP contribution in [-0.2, 0) is 25.6 Å². The van der Waals surface area contributed by atoms with Gasteiger partial charge >= 0.3 is 12.1 Å². The minimum absolute atomic E-state index is 0.161. The fraction of sp³-hybridized carbons (Fsp3) is 0.556. The summed E-state index contributed by atoms with van der Waals surface area (Å²) in [6.07, 6.45) is 0.661. The Bertz CT molecular complexity index is 532. The van der Waals surface area contributed by atoms with Crippen LogP contribution in [0.3, 0.4) is 0 Å². The van der Waals surface area contributed by atoms with E-state index in [4.69, 9.17) is 14.2 Å². The zero-order chi connectivity index (χ0) is 17.9. The number of carbonyl (C=O) groups excluding carboxylic acids is 2. The van der Waals surface area contributed by atoms with Crippen molar-refractivity contribution in [1.29, 1.82) is 0 Å². The number of hydrogen-bond acceptors (Lipinski definition) is 6. The first-order valence-electron chi connectivity index (χ1n) is 8.54. The lowest BCUT2D eigenvalue weighted by Crippen LogP contribution is -2.43. The molecule has 1 N–H and O–H groups in total. The molecule has 7 nitrogen and oxygen atoms in total. The largest absolute Gasteiger partial charge is 0.467 e. The molecule has 7 heteroatoms. The van der Waals surface area contributed by atoms with Crippen molar-refractivity contribution in [3.05, 3.63) is 35.9 Å². The van der Waals surface area contributed by atoms with E-state index in [1.54, 1.807) is 0 Å². The number of hydrogen-bond donors (Lipinski definition) is 1. The molecule has 1 fully saturated rings. The summed E-state index contributed by atoms with van der Waals surface area (Å²) in [4.78, 5) is 26.1. The molecule has 1 saturated heterocycles. The van der Waals surface area contributed by atoms with E-state index < -0.39 is 18.1 Å². The molecule has 0 aromatic heterocycles. The smallest absolute Gasteiger partial charge is 0.408 e. The van der Waals surface area contributed by atoms with E-state index in [1.165, 1.54) is 7.11 Å². The molecule has 25 heavy (non-hydrogen) atoms. The van der Waals surface area contributed by atoms with Gasteiger partial charge in [0.15, 0.2) is 0 Å². The standard InChI is InChI=1S/C18H26N2O5/c1-23-17(21)16(8-5-9-20-10-12-24-13-11-20)19-18(22)25-14-15-6-3-2-4-7-15/h2-4,6-7,16H,5,8-14H2,1H3,(H,19,22). The number of amides is 1. The number of methoxy groups -OCH3 is 1. The van der Waals surface area contributed by atoms with Gasteiger partial charge in [0.1, 0.15) is 12.6 Å². The minimum Gasteiger partial charge on any atom is -0.467 e. The number of benzene rings is 1. The van der Waals surface area contributed by atoms with Crippen LogP contribution in [0.25, 0.3) is 0 Å². The summed E-state index contributed by atoms with van der Waals surface area (Å²) < 4.78 is 15.2. The molecule has 1 atom stereocenters. The highest BCUT2D eigenvalue weighted by Crippen LogP contribution is 2.06. The van der Waals surface area contributed by atoms with Crippen molar-refractivity contribution in [2.75, 3.05) is 40.0 Å². The van der Waals surface area contributed by atoms with E-state index in [1.807, 2.05) is 30.3 Å². The zero-order valence-electron chi connectivity index (χ0n) is 14.6. The van der Waals surface area contributed by atoms with E-state index >= 15 is 0 Å². The van der Waals surface area contributed by atoms with Crippen molar-refractivity contribution < 1.29 is 23.8 Å². The Kier molecular flexibility index (Phi) is 8.21. The van der Waals surface area contributed by atoms with E-state index in [0.717, 1.165) is 44.8 Å². The van der Waals surface area contributed by atoms with Crippen molar-refractivity contribution in [3.63, 3.8) is 0 Å². The highest BCUT2D eigenvalue weighted by Gasteiger charge is 2.22. The maximum atomic E-state index is 11.9. The van der Waals surface area contributed by atoms with Gasteiger partial charge in [-0.3, -0.25) is 4.90 Å². The Labute approximate surface area is 148 Å². The summed E-state index contributed by atoms with van der Waals surface area (Å²) in [5.41, 5.74) is 0.889. The first-order chi connectivity index (χ1) is 12.2. The van der Waals surface area contributed by atoms with Crippen LogP contribution in [0, 0.1) is 0 Å². The fourth-order valence-electron chi connectivity index (χ4n) is 2.64. The number of carbonyl (C=O) groups is 2. The molecule has 0 spiro atoms. The number of nitrogens with one attached hydrogen (secondary N) is 1. The Morgan fingerprint density at radius 3 is 2.64 bits per heavy atom. The van der Waals surface area contributed by atoms with E-state index in [0.29, 0.717) is 6.42 Å². The second-order valence-electron chi connectivity index (χ2n) is 5.88. The number of esters is 1. The molecule has 1 aromatic rings. The quantitative estimate of drug-likeness (QED) is 0.717. The van der Waals surface area contributed by atoms with Gasteiger partial charge in [-0.25, -0.2) is 9.59 Å². The molecular formula is C18H26N2O5. The van der Waals surface area contributed by atoms with Gasteiger partial charge in [-0.15, -0.1) is 0 Å². The minimum atomic E-state index is -0.700. The molecular weight excluding hydrogens is 324 g/mol.